The van der Waals surface area contributed by atoms with Gasteiger partial charge in [-0.05, 0) is 29.7 Å². The maximum absolute atomic E-state index is 13.2. The van der Waals surface area contributed by atoms with E-state index in [1.807, 2.05) is 24.3 Å². The quantitative estimate of drug-likeness (QED) is 0.458. The van der Waals surface area contributed by atoms with Gasteiger partial charge in [-0.2, -0.15) is 0 Å². The molecule has 0 heterocycles. The van der Waals surface area contributed by atoms with E-state index >= 15 is 0 Å². The number of unbranched alkanes of at least 4 members (excludes halogenated alkanes) is 4. The van der Waals surface area contributed by atoms with Gasteiger partial charge in [-0.25, -0.2) is 8.78 Å². The summed E-state index contributed by atoms with van der Waals surface area (Å²) in [5, 5.41) is 0. The predicted octanol–water partition coefficient (Wildman–Crippen LogP) is 6.81. The highest BCUT2D eigenvalue weighted by atomic mass is 19.3. The Hall–Kier alpha value is -1.90. The third-order valence-corrected chi connectivity index (χ3v) is 4.10. The monoisotopic (exact) mass is 332 g/mol. The van der Waals surface area contributed by atoms with Gasteiger partial charge in [0, 0.05) is 12.5 Å². The van der Waals surface area contributed by atoms with Crippen LogP contribution in [0.2, 0.25) is 0 Å². The van der Waals surface area contributed by atoms with Crippen molar-refractivity contribution in [2.24, 2.45) is 0 Å². The molecule has 0 amide bonds. The van der Waals surface area contributed by atoms with Gasteiger partial charge in [0.05, 0.1) is 6.61 Å². The fourth-order valence-corrected chi connectivity index (χ4v) is 2.59. The SMILES string of the molecule is CCCCCCCOc1ccc(-c2ccc(C(C)(F)F)cc2)cc1. The van der Waals surface area contributed by atoms with Crippen molar-refractivity contribution >= 4 is 0 Å². The molecule has 0 atom stereocenters. The summed E-state index contributed by atoms with van der Waals surface area (Å²) in [6.07, 6.45) is 6.09. The van der Waals surface area contributed by atoms with E-state index in [1.54, 1.807) is 12.1 Å². The second-order valence-corrected chi connectivity index (χ2v) is 6.25. The lowest BCUT2D eigenvalue weighted by atomic mass is 10.0. The predicted molar refractivity (Wildman–Crippen MR) is 95.7 cm³/mol. The number of hydrogen-bond donors (Lipinski definition) is 0. The maximum Gasteiger partial charge on any atom is 0.270 e. The Morgan fingerprint density at radius 1 is 0.792 bits per heavy atom. The van der Waals surface area contributed by atoms with E-state index in [0.29, 0.717) is 0 Å². The second kappa shape index (κ2) is 8.81. The third kappa shape index (κ3) is 5.63. The van der Waals surface area contributed by atoms with Crippen LogP contribution in [0.5, 0.6) is 5.75 Å². The lowest BCUT2D eigenvalue weighted by Crippen LogP contribution is -2.06. The van der Waals surface area contributed by atoms with Gasteiger partial charge in [0.15, 0.2) is 0 Å². The summed E-state index contributed by atoms with van der Waals surface area (Å²) in [7, 11) is 0. The molecule has 0 bridgehead atoms. The number of rotatable bonds is 9. The average Bonchev–Trinajstić information content (AvgIpc) is 2.58. The topological polar surface area (TPSA) is 9.23 Å². The largest absolute Gasteiger partial charge is 0.494 e. The van der Waals surface area contributed by atoms with Crippen LogP contribution in [0.15, 0.2) is 48.5 Å². The van der Waals surface area contributed by atoms with Crippen molar-refractivity contribution in [1.29, 1.82) is 0 Å². The van der Waals surface area contributed by atoms with Crippen LogP contribution in [0.4, 0.5) is 8.78 Å². The van der Waals surface area contributed by atoms with Gasteiger partial charge in [0.25, 0.3) is 5.92 Å². The molecule has 0 saturated carbocycles. The molecule has 0 fully saturated rings. The Kier molecular flexibility index (Phi) is 6.77. The van der Waals surface area contributed by atoms with Crippen molar-refractivity contribution in [2.45, 2.75) is 51.9 Å². The highest BCUT2D eigenvalue weighted by Gasteiger charge is 2.23. The first kappa shape index (κ1) is 18.4. The zero-order chi connectivity index (χ0) is 17.4. The summed E-state index contributed by atoms with van der Waals surface area (Å²) < 4.78 is 32.2. The zero-order valence-electron chi connectivity index (χ0n) is 14.5. The van der Waals surface area contributed by atoms with Gasteiger partial charge in [0.1, 0.15) is 5.75 Å². The highest BCUT2D eigenvalue weighted by Crippen LogP contribution is 2.29. The molecular formula is C21H26F2O. The second-order valence-electron chi connectivity index (χ2n) is 6.25. The normalized spacial score (nSPS) is 11.5. The lowest BCUT2D eigenvalue weighted by Gasteiger charge is -2.11. The molecule has 0 N–H and O–H groups in total. The minimum Gasteiger partial charge on any atom is -0.494 e. The number of hydrogen-bond acceptors (Lipinski definition) is 1. The molecule has 2 aromatic rings. The minimum atomic E-state index is -2.80. The molecular weight excluding hydrogens is 306 g/mol. The molecule has 3 heteroatoms. The Morgan fingerprint density at radius 3 is 1.88 bits per heavy atom. The molecule has 2 aromatic carbocycles. The summed E-state index contributed by atoms with van der Waals surface area (Å²) in [5.74, 6) is -1.95. The van der Waals surface area contributed by atoms with E-state index in [1.165, 1.54) is 37.8 Å². The van der Waals surface area contributed by atoms with Crippen molar-refractivity contribution in [1.82, 2.24) is 0 Å². The summed E-state index contributed by atoms with van der Waals surface area (Å²) in [6.45, 7) is 3.86. The van der Waals surface area contributed by atoms with E-state index in [9.17, 15) is 8.78 Å². The van der Waals surface area contributed by atoms with Gasteiger partial charge >= 0.3 is 0 Å². The Morgan fingerprint density at radius 2 is 1.33 bits per heavy atom. The zero-order valence-corrected chi connectivity index (χ0v) is 14.5. The fourth-order valence-electron chi connectivity index (χ4n) is 2.59. The van der Waals surface area contributed by atoms with Crippen molar-refractivity contribution in [2.75, 3.05) is 6.61 Å². The molecule has 0 aromatic heterocycles. The van der Waals surface area contributed by atoms with E-state index in [4.69, 9.17) is 4.74 Å². The average molecular weight is 332 g/mol. The molecule has 0 spiro atoms. The Labute approximate surface area is 143 Å². The number of ether oxygens (including phenoxy) is 1. The first-order valence-corrected chi connectivity index (χ1v) is 8.72. The van der Waals surface area contributed by atoms with Gasteiger partial charge in [0.2, 0.25) is 0 Å². The summed E-state index contributed by atoms with van der Waals surface area (Å²) in [5.41, 5.74) is 1.96. The molecule has 0 aliphatic rings. The first-order chi connectivity index (χ1) is 11.5. The van der Waals surface area contributed by atoms with Crippen molar-refractivity contribution in [3.8, 4) is 16.9 Å². The standard InChI is InChI=1S/C21H26F2O/c1-3-4-5-6-7-16-24-20-14-10-18(11-15-20)17-8-12-19(13-9-17)21(2,22)23/h8-15H,3-7,16H2,1-2H3. The van der Waals surface area contributed by atoms with Crippen LogP contribution >= 0.6 is 0 Å². The van der Waals surface area contributed by atoms with E-state index in [-0.39, 0.29) is 5.56 Å². The first-order valence-electron chi connectivity index (χ1n) is 8.72. The summed E-state index contributed by atoms with van der Waals surface area (Å²) in [4.78, 5) is 0. The van der Waals surface area contributed by atoms with Crippen LogP contribution in [0.1, 0.15) is 51.5 Å². The fraction of sp³-hybridized carbons (Fsp3) is 0.429. The number of benzene rings is 2. The molecule has 1 nitrogen and oxygen atoms in total. The molecule has 0 saturated heterocycles. The van der Waals surface area contributed by atoms with Gasteiger partial charge in [-0.15, -0.1) is 0 Å². The maximum atomic E-state index is 13.2. The Balaban J connectivity index is 1.87. The van der Waals surface area contributed by atoms with E-state index in [0.717, 1.165) is 36.8 Å². The molecule has 0 aliphatic carbocycles. The molecule has 0 unspecified atom stereocenters. The van der Waals surface area contributed by atoms with Crippen LogP contribution in [0, 0.1) is 0 Å². The van der Waals surface area contributed by atoms with Gasteiger partial charge in [-0.1, -0.05) is 69.0 Å². The number of alkyl halides is 2. The Bertz CT molecular complexity index is 597. The summed E-state index contributed by atoms with van der Waals surface area (Å²) >= 11 is 0. The van der Waals surface area contributed by atoms with Crippen LogP contribution in [0.3, 0.4) is 0 Å². The molecule has 24 heavy (non-hydrogen) atoms. The molecule has 0 radical (unpaired) electrons. The lowest BCUT2D eigenvalue weighted by molar-refractivity contribution is 0.0175. The van der Waals surface area contributed by atoms with Crippen LogP contribution < -0.4 is 4.74 Å². The van der Waals surface area contributed by atoms with Crippen LogP contribution in [-0.4, -0.2) is 6.61 Å². The molecule has 130 valence electrons. The van der Waals surface area contributed by atoms with Crippen molar-refractivity contribution < 1.29 is 13.5 Å². The van der Waals surface area contributed by atoms with Crippen molar-refractivity contribution in [3.05, 3.63) is 54.1 Å². The van der Waals surface area contributed by atoms with E-state index < -0.39 is 5.92 Å². The van der Waals surface area contributed by atoms with Gasteiger partial charge < -0.3 is 4.74 Å². The molecule has 0 aliphatic heterocycles. The van der Waals surface area contributed by atoms with Crippen molar-refractivity contribution in [3.63, 3.8) is 0 Å². The minimum absolute atomic E-state index is 0.0364. The van der Waals surface area contributed by atoms with E-state index in [2.05, 4.69) is 6.92 Å². The number of halogens is 2. The van der Waals surface area contributed by atoms with Gasteiger partial charge in [-0.3, -0.25) is 0 Å². The van der Waals surface area contributed by atoms with Crippen LogP contribution in [-0.2, 0) is 5.92 Å². The third-order valence-electron chi connectivity index (χ3n) is 4.10. The van der Waals surface area contributed by atoms with Crippen LogP contribution in [0.25, 0.3) is 11.1 Å². The molecule has 2 rings (SSSR count). The summed E-state index contributed by atoms with van der Waals surface area (Å²) in [6, 6.07) is 14.2. The smallest absolute Gasteiger partial charge is 0.270 e. The highest BCUT2D eigenvalue weighted by molar-refractivity contribution is 5.64.